The van der Waals surface area contributed by atoms with Gasteiger partial charge in [0.2, 0.25) is 0 Å². The number of hydrogen-bond acceptors (Lipinski definition) is 3. The van der Waals surface area contributed by atoms with E-state index in [1.807, 2.05) is 35.0 Å². The first kappa shape index (κ1) is 12.0. The number of fused-ring (bicyclic) bond motifs is 1. The third kappa shape index (κ3) is 1.83. The standard InChI is InChI=1S/C12H9BrClN3S/c1-6-2-10-16-11(9-3-7(14)5-18-9)12(15)17(10)4-8(6)13/h2-5H,15H2,1H3. The van der Waals surface area contributed by atoms with Crippen LogP contribution in [0.4, 0.5) is 5.82 Å². The highest BCUT2D eigenvalue weighted by atomic mass is 79.9. The Bertz CT molecular complexity index is 747. The Kier molecular flexibility index (Phi) is 2.84. The minimum Gasteiger partial charge on any atom is -0.383 e. The Balaban J connectivity index is 2.29. The number of aryl methyl sites for hydroxylation is 1. The van der Waals surface area contributed by atoms with E-state index >= 15 is 0 Å². The van der Waals surface area contributed by atoms with Crippen molar-refractivity contribution in [2.75, 3.05) is 5.73 Å². The van der Waals surface area contributed by atoms with Crippen molar-refractivity contribution in [2.24, 2.45) is 0 Å². The highest BCUT2D eigenvalue weighted by Gasteiger charge is 2.14. The Morgan fingerprint density at radius 1 is 1.44 bits per heavy atom. The second-order valence-corrected chi connectivity index (χ2v) is 6.21. The SMILES string of the molecule is Cc1cc2nc(-c3cc(Cl)cs3)c(N)n2cc1Br. The van der Waals surface area contributed by atoms with Crippen molar-refractivity contribution in [3.8, 4) is 10.6 Å². The summed E-state index contributed by atoms with van der Waals surface area (Å²) in [5, 5.41) is 2.59. The molecule has 0 aliphatic heterocycles. The summed E-state index contributed by atoms with van der Waals surface area (Å²) in [4.78, 5) is 5.55. The second kappa shape index (κ2) is 4.26. The van der Waals surface area contributed by atoms with Crippen LogP contribution >= 0.6 is 38.9 Å². The van der Waals surface area contributed by atoms with Crippen molar-refractivity contribution in [1.82, 2.24) is 9.38 Å². The van der Waals surface area contributed by atoms with Crippen LogP contribution in [0.3, 0.4) is 0 Å². The molecule has 3 aromatic heterocycles. The third-order valence-electron chi connectivity index (χ3n) is 2.74. The van der Waals surface area contributed by atoms with E-state index in [2.05, 4.69) is 20.9 Å². The van der Waals surface area contributed by atoms with Gasteiger partial charge in [-0.2, -0.15) is 0 Å². The third-order valence-corrected chi connectivity index (χ3v) is 4.86. The summed E-state index contributed by atoms with van der Waals surface area (Å²) in [6.07, 6.45) is 1.94. The highest BCUT2D eigenvalue weighted by molar-refractivity contribution is 9.10. The molecule has 0 aliphatic carbocycles. The van der Waals surface area contributed by atoms with Gasteiger partial charge in [-0.05, 0) is 40.5 Å². The number of rotatable bonds is 1. The number of nitrogens with zero attached hydrogens (tertiary/aromatic N) is 2. The monoisotopic (exact) mass is 341 g/mol. The molecule has 0 unspecified atom stereocenters. The predicted octanol–water partition coefficient (Wildman–Crippen LogP) is 4.37. The quantitative estimate of drug-likeness (QED) is 0.713. The summed E-state index contributed by atoms with van der Waals surface area (Å²) < 4.78 is 2.88. The van der Waals surface area contributed by atoms with Crippen LogP contribution in [-0.2, 0) is 0 Å². The van der Waals surface area contributed by atoms with Gasteiger partial charge in [-0.1, -0.05) is 11.6 Å². The smallest absolute Gasteiger partial charge is 0.139 e. The van der Waals surface area contributed by atoms with Gasteiger partial charge in [-0.15, -0.1) is 11.3 Å². The van der Waals surface area contributed by atoms with E-state index in [9.17, 15) is 0 Å². The molecule has 3 aromatic rings. The first-order valence-corrected chi connectivity index (χ1v) is 7.29. The van der Waals surface area contributed by atoms with Crippen molar-refractivity contribution in [2.45, 2.75) is 6.92 Å². The summed E-state index contributed by atoms with van der Waals surface area (Å²) in [5.74, 6) is 0.629. The van der Waals surface area contributed by atoms with Crippen molar-refractivity contribution < 1.29 is 0 Å². The molecule has 0 aliphatic rings. The fourth-order valence-corrected chi connectivity index (χ4v) is 3.19. The fourth-order valence-electron chi connectivity index (χ4n) is 1.80. The molecule has 3 heterocycles. The van der Waals surface area contributed by atoms with E-state index in [1.54, 1.807) is 11.3 Å². The largest absolute Gasteiger partial charge is 0.383 e. The maximum absolute atomic E-state index is 6.14. The zero-order valence-electron chi connectivity index (χ0n) is 9.45. The Labute approximate surface area is 121 Å². The van der Waals surface area contributed by atoms with Crippen molar-refractivity contribution in [3.63, 3.8) is 0 Å². The summed E-state index contributed by atoms with van der Waals surface area (Å²) in [6.45, 7) is 2.02. The summed E-state index contributed by atoms with van der Waals surface area (Å²) in [7, 11) is 0. The molecule has 0 amide bonds. The molecule has 2 N–H and O–H groups in total. The number of aromatic nitrogens is 2. The number of nitrogen functional groups attached to an aromatic ring is 1. The summed E-state index contributed by atoms with van der Waals surface area (Å²) in [6, 6.07) is 3.88. The minimum atomic E-state index is 0.629. The first-order valence-electron chi connectivity index (χ1n) is 5.24. The lowest BCUT2D eigenvalue weighted by Crippen LogP contribution is -1.94. The molecular weight excluding hydrogens is 334 g/mol. The number of nitrogens with two attached hydrogens (primary N) is 1. The van der Waals surface area contributed by atoms with Crippen LogP contribution in [-0.4, -0.2) is 9.38 Å². The highest BCUT2D eigenvalue weighted by Crippen LogP contribution is 2.34. The van der Waals surface area contributed by atoms with Crippen LogP contribution in [0.5, 0.6) is 0 Å². The molecule has 0 bridgehead atoms. The zero-order chi connectivity index (χ0) is 12.9. The van der Waals surface area contributed by atoms with Gasteiger partial charge < -0.3 is 5.73 Å². The maximum Gasteiger partial charge on any atom is 0.139 e. The van der Waals surface area contributed by atoms with Gasteiger partial charge >= 0.3 is 0 Å². The Morgan fingerprint density at radius 2 is 2.22 bits per heavy atom. The summed E-state index contributed by atoms with van der Waals surface area (Å²) >= 11 is 11.0. The van der Waals surface area contributed by atoms with Crippen LogP contribution < -0.4 is 5.73 Å². The van der Waals surface area contributed by atoms with E-state index in [1.165, 1.54) is 0 Å². The lowest BCUT2D eigenvalue weighted by Gasteiger charge is -2.00. The second-order valence-electron chi connectivity index (χ2n) is 4.01. The Morgan fingerprint density at radius 3 is 2.89 bits per heavy atom. The number of thiophene rings is 1. The topological polar surface area (TPSA) is 43.3 Å². The number of imidazole rings is 1. The maximum atomic E-state index is 6.14. The van der Waals surface area contributed by atoms with Crippen molar-refractivity contribution in [1.29, 1.82) is 0 Å². The lowest BCUT2D eigenvalue weighted by molar-refractivity contribution is 1.16. The van der Waals surface area contributed by atoms with Gasteiger partial charge in [-0.25, -0.2) is 4.98 Å². The van der Waals surface area contributed by atoms with Gasteiger partial charge in [0.25, 0.3) is 0 Å². The molecule has 3 nitrogen and oxygen atoms in total. The van der Waals surface area contributed by atoms with Crippen LogP contribution in [0, 0.1) is 6.92 Å². The molecule has 3 rings (SSSR count). The molecule has 0 atom stereocenters. The molecule has 0 saturated heterocycles. The molecule has 18 heavy (non-hydrogen) atoms. The van der Waals surface area contributed by atoms with E-state index in [0.717, 1.165) is 26.3 Å². The predicted molar refractivity (Wildman–Crippen MR) is 80.4 cm³/mol. The fraction of sp³-hybridized carbons (Fsp3) is 0.0833. The van der Waals surface area contributed by atoms with E-state index in [0.29, 0.717) is 10.8 Å². The molecule has 0 aromatic carbocycles. The van der Waals surface area contributed by atoms with Gasteiger partial charge in [0.1, 0.15) is 17.2 Å². The number of halogens is 2. The number of anilines is 1. The number of pyridine rings is 1. The molecule has 0 saturated carbocycles. The summed E-state index contributed by atoms with van der Waals surface area (Å²) in [5.41, 5.74) is 8.89. The molecule has 92 valence electrons. The first-order chi connectivity index (χ1) is 8.56. The van der Waals surface area contributed by atoms with Crippen LogP contribution in [0.15, 0.2) is 28.2 Å². The van der Waals surface area contributed by atoms with Crippen molar-refractivity contribution >= 4 is 50.3 Å². The molecule has 0 fully saturated rings. The zero-order valence-corrected chi connectivity index (χ0v) is 12.6. The molecule has 0 radical (unpaired) electrons. The van der Waals surface area contributed by atoms with Crippen LogP contribution in [0.1, 0.15) is 5.56 Å². The normalized spacial score (nSPS) is 11.3. The van der Waals surface area contributed by atoms with E-state index in [4.69, 9.17) is 17.3 Å². The average molecular weight is 343 g/mol. The van der Waals surface area contributed by atoms with Crippen LogP contribution in [0.25, 0.3) is 16.2 Å². The minimum absolute atomic E-state index is 0.629. The molecular formula is C12H9BrClN3S. The number of hydrogen-bond donors (Lipinski definition) is 1. The van der Waals surface area contributed by atoms with Gasteiger partial charge in [-0.3, -0.25) is 4.40 Å². The van der Waals surface area contributed by atoms with Gasteiger partial charge in [0, 0.05) is 16.0 Å². The van der Waals surface area contributed by atoms with Crippen molar-refractivity contribution in [3.05, 3.63) is 38.8 Å². The van der Waals surface area contributed by atoms with E-state index < -0.39 is 0 Å². The van der Waals surface area contributed by atoms with E-state index in [-0.39, 0.29) is 0 Å². The van der Waals surface area contributed by atoms with Gasteiger partial charge in [0.15, 0.2) is 0 Å². The van der Waals surface area contributed by atoms with Crippen LogP contribution in [0.2, 0.25) is 5.02 Å². The molecule has 6 heteroatoms. The molecule has 0 spiro atoms. The Hall–Kier alpha value is -1.04. The lowest BCUT2D eigenvalue weighted by atomic mass is 10.3. The average Bonchev–Trinajstić information content (AvgIpc) is 2.86. The van der Waals surface area contributed by atoms with Gasteiger partial charge in [0.05, 0.1) is 9.90 Å².